The highest BCUT2D eigenvalue weighted by atomic mass is 16.1. The smallest absolute Gasteiger partial charge is 0.150 e. The van der Waals surface area contributed by atoms with E-state index in [1.54, 1.807) is 0 Å². The lowest BCUT2D eigenvalue weighted by Crippen LogP contribution is -2.34. The summed E-state index contributed by atoms with van der Waals surface area (Å²) >= 11 is 0. The fourth-order valence-electron chi connectivity index (χ4n) is 3.27. The molecule has 104 valence electrons. The van der Waals surface area contributed by atoms with Gasteiger partial charge in [-0.05, 0) is 52.8 Å². The van der Waals surface area contributed by atoms with Gasteiger partial charge in [-0.15, -0.1) is 0 Å². The number of aldehydes is 1. The van der Waals surface area contributed by atoms with Gasteiger partial charge in [0.1, 0.15) is 6.29 Å². The van der Waals surface area contributed by atoms with Crippen LogP contribution in [-0.4, -0.2) is 6.29 Å². The van der Waals surface area contributed by atoms with Gasteiger partial charge >= 0.3 is 0 Å². The third-order valence-electron chi connectivity index (χ3n) is 4.76. The van der Waals surface area contributed by atoms with Crippen molar-refractivity contribution in [3.05, 3.63) is 34.4 Å². The van der Waals surface area contributed by atoms with Gasteiger partial charge in [0.15, 0.2) is 0 Å². The van der Waals surface area contributed by atoms with E-state index >= 15 is 0 Å². The Balaban J connectivity index is 2.66. The topological polar surface area (TPSA) is 17.1 Å². The average Bonchev–Trinajstić information content (AvgIpc) is 2.35. The van der Waals surface area contributed by atoms with E-state index in [4.69, 9.17) is 0 Å². The van der Waals surface area contributed by atoms with E-state index in [-0.39, 0.29) is 10.8 Å². The Bertz CT molecular complexity index is 495. The molecule has 1 nitrogen and oxygen atoms in total. The Morgan fingerprint density at radius 1 is 1.05 bits per heavy atom. The molecule has 1 aromatic carbocycles. The molecule has 0 amide bonds. The molecular weight excluding hydrogens is 232 g/mol. The number of hydrogen-bond donors (Lipinski definition) is 0. The van der Waals surface area contributed by atoms with Gasteiger partial charge in [-0.1, -0.05) is 47.1 Å². The SMILES string of the molecule is CCCc1cc2c(cc1C=O)C(C)(C)CCC2(C)C. The lowest BCUT2D eigenvalue weighted by atomic mass is 9.62. The van der Waals surface area contributed by atoms with E-state index in [0.717, 1.165) is 24.7 Å². The fraction of sp³-hybridized carbons (Fsp3) is 0.611. The number of carbonyl (C=O) groups excluding carboxylic acids is 1. The molecule has 19 heavy (non-hydrogen) atoms. The van der Waals surface area contributed by atoms with Gasteiger partial charge in [0.05, 0.1) is 0 Å². The van der Waals surface area contributed by atoms with Gasteiger partial charge in [0, 0.05) is 5.56 Å². The van der Waals surface area contributed by atoms with Crippen LogP contribution in [0.25, 0.3) is 0 Å². The van der Waals surface area contributed by atoms with Crippen molar-refractivity contribution in [1.29, 1.82) is 0 Å². The maximum absolute atomic E-state index is 11.4. The molecule has 0 radical (unpaired) electrons. The van der Waals surface area contributed by atoms with Crippen LogP contribution in [0.4, 0.5) is 0 Å². The van der Waals surface area contributed by atoms with Crippen LogP contribution in [0, 0.1) is 0 Å². The molecule has 0 atom stereocenters. The first kappa shape index (κ1) is 14.3. The molecule has 0 fully saturated rings. The minimum Gasteiger partial charge on any atom is -0.298 e. The van der Waals surface area contributed by atoms with Gasteiger partial charge in [0.2, 0.25) is 0 Å². The molecule has 0 heterocycles. The standard InChI is InChI=1S/C18H26O/c1-6-7-13-10-15-16(11-14(13)12-19)18(4,5)9-8-17(15,2)3/h10-12H,6-9H2,1-5H3. The zero-order chi connectivity index (χ0) is 14.3. The summed E-state index contributed by atoms with van der Waals surface area (Å²) in [5, 5.41) is 0. The second kappa shape index (κ2) is 4.77. The highest BCUT2D eigenvalue weighted by Crippen LogP contribution is 2.46. The predicted molar refractivity (Wildman–Crippen MR) is 81.1 cm³/mol. The summed E-state index contributed by atoms with van der Waals surface area (Å²) in [5.74, 6) is 0. The van der Waals surface area contributed by atoms with Crippen molar-refractivity contribution in [2.75, 3.05) is 0 Å². The average molecular weight is 258 g/mol. The first-order valence-electron chi connectivity index (χ1n) is 7.45. The summed E-state index contributed by atoms with van der Waals surface area (Å²) in [4.78, 5) is 11.4. The van der Waals surface area contributed by atoms with Gasteiger partial charge in [0.25, 0.3) is 0 Å². The van der Waals surface area contributed by atoms with Crippen molar-refractivity contribution in [1.82, 2.24) is 0 Å². The summed E-state index contributed by atoms with van der Waals surface area (Å²) in [7, 11) is 0. The van der Waals surface area contributed by atoms with E-state index in [1.807, 2.05) is 0 Å². The third kappa shape index (κ3) is 2.48. The number of rotatable bonds is 3. The van der Waals surface area contributed by atoms with E-state index in [9.17, 15) is 4.79 Å². The molecule has 0 saturated heterocycles. The van der Waals surface area contributed by atoms with Crippen molar-refractivity contribution in [3.63, 3.8) is 0 Å². The lowest BCUT2D eigenvalue weighted by Gasteiger charge is -2.42. The van der Waals surface area contributed by atoms with Crippen LogP contribution in [0.3, 0.4) is 0 Å². The molecule has 2 rings (SSSR count). The second-order valence-electron chi connectivity index (χ2n) is 7.23. The van der Waals surface area contributed by atoms with E-state index in [0.29, 0.717) is 0 Å². The number of aryl methyl sites for hydroxylation is 1. The number of hydrogen-bond acceptors (Lipinski definition) is 1. The Kier molecular flexibility index (Phi) is 3.59. The Morgan fingerprint density at radius 3 is 2.05 bits per heavy atom. The van der Waals surface area contributed by atoms with Crippen molar-refractivity contribution in [3.8, 4) is 0 Å². The van der Waals surface area contributed by atoms with Crippen LogP contribution in [0.1, 0.15) is 80.9 Å². The zero-order valence-electron chi connectivity index (χ0n) is 13.0. The highest BCUT2D eigenvalue weighted by molar-refractivity contribution is 5.78. The fourth-order valence-corrected chi connectivity index (χ4v) is 3.27. The highest BCUT2D eigenvalue weighted by Gasteiger charge is 2.37. The Hall–Kier alpha value is -1.11. The molecule has 1 aromatic rings. The van der Waals surface area contributed by atoms with Crippen molar-refractivity contribution >= 4 is 6.29 Å². The van der Waals surface area contributed by atoms with Gasteiger partial charge in [-0.2, -0.15) is 0 Å². The van der Waals surface area contributed by atoms with Crippen LogP contribution in [0.2, 0.25) is 0 Å². The largest absolute Gasteiger partial charge is 0.298 e. The van der Waals surface area contributed by atoms with Gasteiger partial charge in [-0.25, -0.2) is 0 Å². The van der Waals surface area contributed by atoms with Crippen LogP contribution in [-0.2, 0) is 17.3 Å². The molecule has 1 aliphatic carbocycles. The summed E-state index contributed by atoms with van der Waals surface area (Å²) < 4.78 is 0. The van der Waals surface area contributed by atoms with E-state index in [2.05, 4.69) is 46.8 Å². The number of carbonyl (C=O) groups is 1. The summed E-state index contributed by atoms with van der Waals surface area (Å²) in [6.45, 7) is 11.4. The second-order valence-corrected chi connectivity index (χ2v) is 7.23. The maximum Gasteiger partial charge on any atom is 0.150 e. The molecular formula is C18H26O. The quantitative estimate of drug-likeness (QED) is 0.712. The van der Waals surface area contributed by atoms with Crippen LogP contribution in [0.5, 0.6) is 0 Å². The van der Waals surface area contributed by atoms with Crippen LogP contribution in [0.15, 0.2) is 12.1 Å². The van der Waals surface area contributed by atoms with Crippen molar-refractivity contribution in [2.45, 2.75) is 71.1 Å². The van der Waals surface area contributed by atoms with Crippen molar-refractivity contribution < 1.29 is 4.79 Å². The molecule has 0 aromatic heterocycles. The number of benzene rings is 1. The van der Waals surface area contributed by atoms with Crippen LogP contribution >= 0.6 is 0 Å². The van der Waals surface area contributed by atoms with Gasteiger partial charge in [-0.3, -0.25) is 4.79 Å². The molecule has 0 unspecified atom stereocenters. The maximum atomic E-state index is 11.4. The molecule has 1 aliphatic rings. The Labute approximate surface area is 117 Å². The predicted octanol–water partition coefficient (Wildman–Crippen LogP) is 4.80. The molecule has 0 N–H and O–H groups in total. The zero-order valence-corrected chi connectivity index (χ0v) is 13.0. The normalized spacial score (nSPS) is 19.8. The van der Waals surface area contributed by atoms with E-state index < -0.39 is 0 Å². The number of fused-ring (bicyclic) bond motifs is 1. The molecule has 0 bridgehead atoms. The summed E-state index contributed by atoms with van der Waals surface area (Å²) in [5.41, 5.74) is 5.37. The monoisotopic (exact) mass is 258 g/mol. The molecule has 0 aliphatic heterocycles. The lowest BCUT2D eigenvalue weighted by molar-refractivity contribution is 0.112. The van der Waals surface area contributed by atoms with Gasteiger partial charge < -0.3 is 0 Å². The van der Waals surface area contributed by atoms with Crippen molar-refractivity contribution in [2.24, 2.45) is 0 Å². The van der Waals surface area contributed by atoms with Crippen LogP contribution < -0.4 is 0 Å². The minimum absolute atomic E-state index is 0.188. The molecule has 0 saturated carbocycles. The summed E-state index contributed by atoms with van der Waals surface area (Å²) in [6.07, 6.45) is 5.53. The first-order chi connectivity index (χ1) is 8.81. The molecule has 0 spiro atoms. The first-order valence-corrected chi connectivity index (χ1v) is 7.45. The minimum atomic E-state index is 0.188. The third-order valence-corrected chi connectivity index (χ3v) is 4.76. The van der Waals surface area contributed by atoms with E-state index in [1.165, 1.54) is 29.5 Å². The Morgan fingerprint density at radius 2 is 1.58 bits per heavy atom. The molecule has 1 heteroatoms. The summed E-state index contributed by atoms with van der Waals surface area (Å²) in [6, 6.07) is 4.47.